The van der Waals surface area contributed by atoms with Gasteiger partial charge in [0.05, 0.1) is 67.0 Å². The highest BCUT2D eigenvalue weighted by molar-refractivity contribution is 5.96. The summed E-state index contributed by atoms with van der Waals surface area (Å²) in [6.07, 6.45) is 1.76. The van der Waals surface area contributed by atoms with Crippen molar-refractivity contribution in [2.24, 2.45) is 47.3 Å². The van der Waals surface area contributed by atoms with Crippen molar-refractivity contribution in [3.05, 3.63) is 11.6 Å². The van der Waals surface area contributed by atoms with Crippen LogP contribution in [0.15, 0.2) is 11.6 Å². The molecule has 6 aliphatic rings. The molecule has 2 spiro atoms. The van der Waals surface area contributed by atoms with Gasteiger partial charge in [0.1, 0.15) is 0 Å². The molecule has 0 radical (unpaired) electrons. The Balaban J connectivity index is 1.24. The highest BCUT2D eigenvalue weighted by Gasteiger charge is 2.65. The molecule has 0 aromatic rings. The number of hydrogen-bond acceptors (Lipinski definition) is 13. The van der Waals surface area contributed by atoms with Crippen molar-refractivity contribution in [2.45, 2.75) is 212 Å². The van der Waals surface area contributed by atoms with Gasteiger partial charge in [-0.25, -0.2) is 0 Å². The van der Waals surface area contributed by atoms with Crippen molar-refractivity contribution in [1.29, 1.82) is 0 Å². The van der Waals surface area contributed by atoms with Gasteiger partial charge in [-0.3, -0.25) is 9.59 Å². The number of aliphatic hydroxyl groups excluding tert-OH is 3. The summed E-state index contributed by atoms with van der Waals surface area (Å²) in [5.74, 6) is -7.16. The average Bonchev–Trinajstić information content (AvgIpc) is 3.69. The van der Waals surface area contributed by atoms with Gasteiger partial charge < -0.3 is 58.7 Å². The lowest BCUT2D eigenvalue weighted by atomic mass is 9.76. The van der Waals surface area contributed by atoms with Crippen LogP contribution in [0.2, 0.25) is 0 Å². The summed E-state index contributed by atoms with van der Waals surface area (Å²) in [7, 11) is 0. The molecule has 6 heterocycles. The first-order chi connectivity index (χ1) is 28.0. The molecule has 6 fully saturated rings. The minimum Gasteiger partial charge on any atom is -0.481 e. The number of Topliss-reactive ketones (excluding diaryl/α,β-unsaturated/α-hetero) is 1. The Bertz CT molecular complexity index is 1560. The number of carboxylic acids is 1. The Morgan fingerprint density at radius 2 is 1.58 bits per heavy atom. The van der Waals surface area contributed by atoms with Gasteiger partial charge in [0, 0.05) is 61.2 Å². The first-order valence-corrected chi connectivity index (χ1v) is 22.8. The predicted octanol–water partition coefficient (Wildman–Crippen LogP) is 5.50. The summed E-state index contributed by atoms with van der Waals surface area (Å²) < 4.78 is 47.8. The highest BCUT2D eigenvalue weighted by atomic mass is 16.8. The van der Waals surface area contributed by atoms with E-state index >= 15 is 0 Å². The number of carboxylic acid groups (broad SMARTS) is 1. The summed E-state index contributed by atoms with van der Waals surface area (Å²) in [6.45, 7) is 20.6. The largest absolute Gasteiger partial charge is 0.481 e. The quantitative estimate of drug-likeness (QED) is 0.154. The molecule has 0 aromatic heterocycles. The second-order valence-corrected chi connectivity index (χ2v) is 20.4. The second kappa shape index (κ2) is 18.1. The fourth-order valence-corrected chi connectivity index (χ4v) is 11.5. The number of rotatable bonds is 12. The number of ether oxygens (including phenoxy) is 7. The molecule has 6 saturated heterocycles. The van der Waals surface area contributed by atoms with Gasteiger partial charge in [-0.05, 0) is 64.4 Å². The van der Waals surface area contributed by atoms with E-state index in [1.54, 1.807) is 20.8 Å². The third-order valence-electron chi connectivity index (χ3n) is 15.6. The molecule has 6 rings (SSSR count). The molecule has 60 heavy (non-hydrogen) atoms. The standard InChI is InChI=1S/C46H76O14/c1-23(39(50)24(2)17-27(5)42(51)52)16-25(3)40-30(8)34(49)21-44(58-40)15-14-43(11,60-44)37-20-35(55-38-13-12-33(48)32(10)54-38)31(9)46(57-37)29(7)19-36(56-46)41-26(4)18-28(6)45(53,22-47)59-41/h16,24-38,40-41,47-49,53H,12-15,17-22H2,1-11H3,(H,51,52)/b23-16+/t24-,25+,26+,27+,28-,29+,30-,31-,32-,33+,34+,35+,36-,37-,38?,40-,41+,43+,44-,45+,46+/m1/s1. The number of carbonyl (C=O) groups excluding carboxylic acids is 1. The van der Waals surface area contributed by atoms with Gasteiger partial charge in [0.15, 0.2) is 29.4 Å². The van der Waals surface area contributed by atoms with Crippen molar-refractivity contribution in [2.75, 3.05) is 6.61 Å². The highest BCUT2D eigenvalue weighted by Crippen LogP contribution is 2.56. The lowest BCUT2D eigenvalue weighted by molar-refractivity contribution is -0.390. The molecule has 0 aromatic carbocycles. The first kappa shape index (κ1) is 47.9. The van der Waals surface area contributed by atoms with E-state index in [1.807, 2.05) is 40.7 Å². The minimum atomic E-state index is -1.67. The van der Waals surface area contributed by atoms with Crippen LogP contribution in [0.4, 0.5) is 0 Å². The van der Waals surface area contributed by atoms with Crippen LogP contribution in [-0.2, 0) is 42.7 Å². The number of carbonyl (C=O) groups is 2. The van der Waals surface area contributed by atoms with Gasteiger partial charge >= 0.3 is 5.97 Å². The number of aliphatic carboxylic acids is 1. The number of aliphatic hydroxyl groups is 4. The molecule has 344 valence electrons. The van der Waals surface area contributed by atoms with E-state index in [0.717, 1.165) is 0 Å². The van der Waals surface area contributed by atoms with E-state index in [1.165, 1.54) is 0 Å². The number of ketones is 1. The van der Waals surface area contributed by atoms with Gasteiger partial charge in [-0.1, -0.05) is 61.5 Å². The van der Waals surface area contributed by atoms with E-state index in [4.69, 9.17) is 33.2 Å². The third kappa shape index (κ3) is 9.32. The van der Waals surface area contributed by atoms with E-state index in [0.29, 0.717) is 50.5 Å². The van der Waals surface area contributed by atoms with Crippen molar-refractivity contribution in [3.8, 4) is 0 Å². The molecule has 14 nitrogen and oxygen atoms in total. The lowest BCUT2D eigenvalue weighted by Gasteiger charge is -2.54. The van der Waals surface area contributed by atoms with Crippen LogP contribution >= 0.6 is 0 Å². The molecule has 21 atom stereocenters. The smallest absolute Gasteiger partial charge is 0.306 e. The molecule has 0 bridgehead atoms. The average molecular weight is 853 g/mol. The zero-order valence-corrected chi connectivity index (χ0v) is 37.9. The van der Waals surface area contributed by atoms with Crippen LogP contribution in [0.1, 0.15) is 134 Å². The van der Waals surface area contributed by atoms with Crippen molar-refractivity contribution < 1.29 is 68.3 Å². The predicted molar refractivity (Wildman–Crippen MR) is 219 cm³/mol. The van der Waals surface area contributed by atoms with E-state index < -0.39 is 90.3 Å². The lowest BCUT2D eigenvalue weighted by Crippen LogP contribution is -2.63. The summed E-state index contributed by atoms with van der Waals surface area (Å²) in [5, 5.41) is 52.8. The Morgan fingerprint density at radius 3 is 2.23 bits per heavy atom. The van der Waals surface area contributed by atoms with Gasteiger partial charge in [-0.2, -0.15) is 0 Å². The summed E-state index contributed by atoms with van der Waals surface area (Å²) >= 11 is 0. The third-order valence-corrected chi connectivity index (χ3v) is 15.6. The van der Waals surface area contributed by atoms with Crippen LogP contribution in [-0.4, -0.2) is 122 Å². The van der Waals surface area contributed by atoms with E-state index in [9.17, 15) is 35.1 Å². The molecule has 6 aliphatic heterocycles. The molecular weight excluding hydrogens is 776 g/mol. The SMILES string of the molecule is C/C(=C\[C@H](C)[C@H]1O[C@@]2(CC[C@@](C)([C@H]3C[C@H](OC4CC[C@H](O)[C@@H](C)O4)[C@@H](C)[C@@]4(O[C@@H]([C@H]5O[C@@](O)(CO)[C@H](C)C[C@@H]5C)C[C@@H]4C)O3)O2)C[C@H](O)[C@H]1C)C(=O)[C@H](C)C[C@H](C)C(=O)O. The van der Waals surface area contributed by atoms with Crippen molar-refractivity contribution in [3.63, 3.8) is 0 Å². The minimum absolute atomic E-state index is 0.0494. The maximum atomic E-state index is 13.3. The normalized spacial score (nSPS) is 49.2. The summed E-state index contributed by atoms with van der Waals surface area (Å²) in [6, 6.07) is 0. The van der Waals surface area contributed by atoms with Crippen LogP contribution in [0, 0.1) is 47.3 Å². The topological polar surface area (TPSA) is 200 Å². The Hall–Kier alpha value is -1.56. The van der Waals surface area contributed by atoms with Crippen molar-refractivity contribution >= 4 is 11.8 Å². The molecule has 0 saturated carbocycles. The van der Waals surface area contributed by atoms with Crippen LogP contribution in [0.25, 0.3) is 0 Å². The number of hydrogen-bond donors (Lipinski definition) is 5. The second-order valence-electron chi connectivity index (χ2n) is 20.4. The zero-order chi connectivity index (χ0) is 44.3. The molecular formula is C46H76O14. The van der Waals surface area contributed by atoms with Gasteiger partial charge in [-0.15, -0.1) is 0 Å². The van der Waals surface area contributed by atoms with Crippen LogP contribution in [0.3, 0.4) is 0 Å². The Labute approximate surface area is 357 Å². The Kier molecular flexibility index (Phi) is 14.5. The summed E-state index contributed by atoms with van der Waals surface area (Å²) in [5.41, 5.74) is -0.353. The maximum absolute atomic E-state index is 13.3. The molecule has 5 N–H and O–H groups in total. The zero-order valence-electron chi connectivity index (χ0n) is 37.9. The van der Waals surface area contributed by atoms with E-state index in [2.05, 4.69) is 20.8 Å². The fraction of sp³-hybridized carbons (Fsp3) is 0.913. The van der Waals surface area contributed by atoms with E-state index in [-0.39, 0.29) is 66.3 Å². The molecule has 14 heteroatoms. The summed E-state index contributed by atoms with van der Waals surface area (Å²) in [4.78, 5) is 24.8. The molecule has 1 unspecified atom stereocenters. The monoisotopic (exact) mass is 853 g/mol. The van der Waals surface area contributed by atoms with Gasteiger partial charge in [0.2, 0.25) is 0 Å². The maximum Gasteiger partial charge on any atom is 0.306 e. The Morgan fingerprint density at radius 1 is 0.883 bits per heavy atom. The van der Waals surface area contributed by atoms with Crippen LogP contribution in [0.5, 0.6) is 0 Å². The molecule has 0 amide bonds. The van der Waals surface area contributed by atoms with Crippen molar-refractivity contribution in [1.82, 2.24) is 0 Å². The van der Waals surface area contributed by atoms with Crippen LogP contribution < -0.4 is 0 Å². The number of allylic oxidation sites excluding steroid dienone is 1. The van der Waals surface area contributed by atoms with Gasteiger partial charge in [0.25, 0.3) is 0 Å². The fourth-order valence-electron chi connectivity index (χ4n) is 11.5. The molecule has 0 aliphatic carbocycles. The first-order valence-electron chi connectivity index (χ1n) is 22.8.